The van der Waals surface area contributed by atoms with E-state index in [1.165, 1.54) is 19.3 Å². The van der Waals surface area contributed by atoms with E-state index >= 15 is 0 Å². The molecule has 1 aromatic heterocycles. The van der Waals surface area contributed by atoms with Gasteiger partial charge in [-0.25, -0.2) is 0 Å². The van der Waals surface area contributed by atoms with Crippen molar-refractivity contribution in [3.05, 3.63) is 30.1 Å². The molecule has 1 amide bonds. The number of nitrogens with one attached hydrogen (secondary N) is 1. The van der Waals surface area contributed by atoms with Crippen LogP contribution in [0.2, 0.25) is 0 Å². The van der Waals surface area contributed by atoms with Crippen molar-refractivity contribution < 1.29 is 9.90 Å². The summed E-state index contributed by atoms with van der Waals surface area (Å²) < 4.78 is 0. The average molecular weight is 357 g/mol. The van der Waals surface area contributed by atoms with Crippen LogP contribution >= 0.6 is 0 Å². The summed E-state index contributed by atoms with van der Waals surface area (Å²) in [6, 6.07) is 4.25. The number of piperidine rings is 1. The van der Waals surface area contributed by atoms with E-state index in [0.29, 0.717) is 5.41 Å². The standard InChI is InChI=1S/C21H31N3O2/c25-12-4-11-24-10-2-6-18(14-24)23-19(26)21(17-5-1-9-22-13-17)15-20(16-21)7-3-8-20/h1,5,9,13,18,25H,2-4,6-8,10-12,14-16H2,(H,23,26). The smallest absolute Gasteiger partial charge is 0.231 e. The van der Waals surface area contributed by atoms with Gasteiger partial charge in [0, 0.05) is 38.1 Å². The molecular weight excluding hydrogens is 326 g/mol. The molecular formula is C21H31N3O2. The van der Waals surface area contributed by atoms with Gasteiger partial charge in [0.05, 0.1) is 5.41 Å². The van der Waals surface area contributed by atoms with Gasteiger partial charge >= 0.3 is 0 Å². The Kier molecular flexibility index (Phi) is 5.02. The average Bonchev–Trinajstić information content (AvgIpc) is 2.59. The summed E-state index contributed by atoms with van der Waals surface area (Å²) in [7, 11) is 0. The van der Waals surface area contributed by atoms with Crippen molar-refractivity contribution in [3.63, 3.8) is 0 Å². The molecule has 2 heterocycles. The Balaban J connectivity index is 1.44. The summed E-state index contributed by atoms with van der Waals surface area (Å²) in [5, 5.41) is 12.4. The first-order valence-corrected chi connectivity index (χ1v) is 10.2. The van der Waals surface area contributed by atoms with Gasteiger partial charge in [-0.2, -0.15) is 0 Å². The number of likely N-dealkylation sites (tertiary alicyclic amines) is 1. The van der Waals surface area contributed by atoms with Crippen molar-refractivity contribution in [1.82, 2.24) is 15.2 Å². The molecule has 1 aliphatic heterocycles. The Hall–Kier alpha value is -1.46. The number of rotatable bonds is 6. The van der Waals surface area contributed by atoms with E-state index in [0.717, 1.165) is 57.3 Å². The Labute approximate surface area is 156 Å². The Bertz CT molecular complexity index is 621. The van der Waals surface area contributed by atoms with E-state index in [9.17, 15) is 4.79 Å². The molecule has 1 atom stereocenters. The molecule has 1 saturated heterocycles. The quantitative estimate of drug-likeness (QED) is 0.820. The summed E-state index contributed by atoms with van der Waals surface area (Å²) >= 11 is 0. The number of hydrogen-bond acceptors (Lipinski definition) is 4. The Morgan fingerprint density at radius 1 is 1.35 bits per heavy atom. The number of aliphatic hydroxyl groups is 1. The highest BCUT2D eigenvalue weighted by Gasteiger charge is 2.61. The highest BCUT2D eigenvalue weighted by Crippen LogP contribution is 2.65. The molecule has 4 rings (SSSR count). The van der Waals surface area contributed by atoms with Gasteiger partial charge in [-0.05, 0) is 68.5 Å². The molecule has 5 heteroatoms. The molecule has 2 saturated carbocycles. The fourth-order valence-electron chi connectivity index (χ4n) is 5.39. The Morgan fingerprint density at radius 3 is 2.85 bits per heavy atom. The van der Waals surface area contributed by atoms with E-state index in [4.69, 9.17) is 5.11 Å². The lowest BCUT2D eigenvalue weighted by molar-refractivity contribution is -0.143. The summed E-state index contributed by atoms with van der Waals surface area (Å²) in [5.41, 5.74) is 1.14. The number of hydrogen-bond donors (Lipinski definition) is 2. The van der Waals surface area contributed by atoms with E-state index in [1.54, 1.807) is 6.20 Å². The van der Waals surface area contributed by atoms with Crippen LogP contribution in [-0.4, -0.2) is 53.2 Å². The van der Waals surface area contributed by atoms with Crippen LogP contribution in [0, 0.1) is 5.41 Å². The molecule has 5 nitrogen and oxygen atoms in total. The SMILES string of the molecule is O=C(NC1CCCN(CCCO)C1)C1(c2cccnc2)CC2(CCC2)C1. The summed E-state index contributed by atoms with van der Waals surface area (Å²) in [5.74, 6) is 0.206. The van der Waals surface area contributed by atoms with Crippen LogP contribution in [0.1, 0.15) is 56.9 Å². The van der Waals surface area contributed by atoms with Crippen LogP contribution in [0.15, 0.2) is 24.5 Å². The van der Waals surface area contributed by atoms with E-state index in [2.05, 4.69) is 21.3 Å². The van der Waals surface area contributed by atoms with Gasteiger partial charge in [-0.1, -0.05) is 12.5 Å². The topological polar surface area (TPSA) is 65.5 Å². The number of nitrogens with zero attached hydrogens (tertiary/aromatic N) is 2. The van der Waals surface area contributed by atoms with Gasteiger partial charge in [-0.15, -0.1) is 0 Å². The molecule has 0 radical (unpaired) electrons. The molecule has 142 valence electrons. The van der Waals surface area contributed by atoms with Gasteiger partial charge in [-0.3, -0.25) is 9.78 Å². The number of aliphatic hydroxyl groups excluding tert-OH is 1. The third-order valence-corrected chi connectivity index (χ3v) is 6.89. The lowest BCUT2D eigenvalue weighted by Gasteiger charge is -2.60. The van der Waals surface area contributed by atoms with Gasteiger partial charge in [0.1, 0.15) is 0 Å². The molecule has 26 heavy (non-hydrogen) atoms. The fourth-order valence-corrected chi connectivity index (χ4v) is 5.39. The third kappa shape index (κ3) is 3.27. The van der Waals surface area contributed by atoms with Gasteiger partial charge in [0.25, 0.3) is 0 Å². The van der Waals surface area contributed by atoms with Crippen molar-refractivity contribution in [1.29, 1.82) is 0 Å². The highest BCUT2D eigenvalue weighted by atomic mass is 16.3. The monoisotopic (exact) mass is 357 g/mol. The lowest BCUT2D eigenvalue weighted by Crippen LogP contribution is -2.62. The summed E-state index contributed by atoms with van der Waals surface area (Å²) in [4.78, 5) is 20.0. The maximum atomic E-state index is 13.4. The zero-order chi connectivity index (χ0) is 18.0. The second-order valence-corrected chi connectivity index (χ2v) is 8.72. The predicted octanol–water partition coefficient (Wildman–Crippen LogP) is 2.25. The third-order valence-electron chi connectivity index (χ3n) is 6.89. The van der Waals surface area contributed by atoms with Gasteiger partial charge in [0.15, 0.2) is 0 Å². The first kappa shape index (κ1) is 17.9. The summed E-state index contributed by atoms with van der Waals surface area (Å²) in [6.45, 7) is 3.13. The molecule has 3 fully saturated rings. The van der Waals surface area contributed by atoms with Crippen molar-refractivity contribution in [2.24, 2.45) is 5.41 Å². The first-order chi connectivity index (χ1) is 12.7. The molecule has 1 spiro atoms. The number of carbonyl (C=O) groups excluding carboxylic acids is 1. The van der Waals surface area contributed by atoms with E-state index in [-0.39, 0.29) is 24.0 Å². The van der Waals surface area contributed by atoms with Crippen LogP contribution in [0.3, 0.4) is 0 Å². The number of carbonyl (C=O) groups is 1. The van der Waals surface area contributed by atoms with Crippen molar-refractivity contribution in [3.8, 4) is 0 Å². The number of aromatic nitrogens is 1. The lowest BCUT2D eigenvalue weighted by atomic mass is 9.43. The van der Waals surface area contributed by atoms with Crippen LogP contribution in [0.25, 0.3) is 0 Å². The Morgan fingerprint density at radius 2 is 2.19 bits per heavy atom. The van der Waals surface area contributed by atoms with Crippen molar-refractivity contribution >= 4 is 5.91 Å². The molecule has 3 aliphatic rings. The van der Waals surface area contributed by atoms with Gasteiger partial charge in [0.2, 0.25) is 5.91 Å². The molecule has 2 N–H and O–H groups in total. The zero-order valence-corrected chi connectivity index (χ0v) is 15.6. The molecule has 0 aromatic carbocycles. The second-order valence-electron chi connectivity index (χ2n) is 8.72. The molecule has 0 bridgehead atoms. The fraction of sp³-hybridized carbons (Fsp3) is 0.714. The van der Waals surface area contributed by atoms with Gasteiger partial charge < -0.3 is 15.3 Å². The maximum absolute atomic E-state index is 13.4. The number of pyridine rings is 1. The minimum Gasteiger partial charge on any atom is -0.396 e. The second kappa shape index (κ2) is 7.28. The minimum atomic E-state index is -0.373. The highest BCUT2D eigenvalue weighted by molar-refractivity contribution is 5.90. The van der Waals surface area contributed by atoms with Crippen LogP contribution < -0.4 is 5.32 Å². The zero-order valence-electron chi connectivity index (χ0n) is 15.6. The van der Waals surface area contributed by atoms with Crippen molar-refractivity contribution in [2.75, 3.05) is 26.2 Å². The van der Waals surface area contributed by atoms with Crippen LogP contribution in [0.5, 0.6) is 0 Å². The van der Waals surface area contributed by atoms with E-state index in [1.807, 2.05) is 12.3 Å². The molecule has 1 aromatic rings. The number of amides is 1. The summed E-state index contributed by atoms with van der Waals surface area (Å²) in [6.07, 6.45) is 12.5. The normalized spacial score (nSPS) is 26.7. The van der Waals surface area contributed by atoms with Crippen LogP contribution in [0.4, 0.5) is 0 Å². The predicted molar refractivity (Wildman–Crippen MR) is 101 cm³/mol. The largest absolute Gasteiger partial charge is 0.396 e. The maximum Gasteiger partial charge on any atom is 0.231 e. The van der Waals surface area contributed by atoms with Crippen LogP contribution in [-0.2, 0) is 10.2 Å². The first-order valence-electron chi connectivity index (χ1n) is 10.2. The van der Waals surface area contributed by atoms with Crippen molar-refractivity contribution in [2.45, 2.75) is 62.8 Å². The molecule has 2 aliphatic carbocycles. The molecule has 1 unspecified atom stereocenters. The van der Waals surface area contributed by atoms with E-state index < -0.39 is 0 Å². The minimum absolute atomic E-state index is 0.206.